The monoisotopic (exact) mass is 449 g/mol. The van der Waals surface area contributed by atoms with Crippen LogP contribution in [0.4, 0.5) is 0 Å². The van der Waals surface area contributed by atoms with Gasteiger partial charge in [0.15, 0.2) is 5.65 Å². The van der Waals surface area contributed by atoms with E-state index in [0.717, 1.165) is 65.6 Å². The minimum atomic E-state index is 0.305. The maximum absolute atomic E-state index is 5.32. The number of nitrogens with zero attached hydrogens (tertiary/aromatic N) is 5. The van der Waals surface area contributed by atoms with Crippen molar-refractivity contribution in [2.24, 2.45) is 0 Å². The van der Waals surface area contributed by atoms with E-state index in [0.29, 0.717) is 18.0 Å². The standard InChI is InChI=1S/C23H27N7OS/c1-12(2)19-20(14-6-13(3)22-24-11-25-30(22)8-14)28-29-21(19)23-27-17-5-4-15(7-18(17)32-23)26-16-9-31-10-16/h6,8,11-12,15-16,26H,4-5,7,9-10H2,1-3H3,(H,28,29). The van der Waals surface area contributed by atoms with Crippen LogP contribution in [0.3, 0.4) is 0 Å². The maximum atomic E-state index is 5.32. The van der Waals surface area contributed by atoms with Gasteiger partial charge in [0, 0.05) is 28.2 Å². The molecule has 8 nitrogen and oxygen atoms in total. The highest BCUT2D eigenvalue weighted by molar-refractivity contribution is 7.15. The molecule has 4 aromatic heterocycles. The first-order chi connectivity index (χ1) is 15.6. The van der Waals surface area contributed by atoms with Crippen LogP contribution in [0.5, 0.6) is 0 Å². The van der Waals surface area contributed by atoms with Crippen LogP contribution >= 0.6 is 11.3 Å². The number of hydrogen-bond acceptors (Lipinski definition) is 7. The molecule has 2 aliphatic rings. The van der Waals surface area contributed by atoms with E-state index < -0.39 is 0 Å². The van der Waals surface area contributed by atoms with Gasteiger partial charge in [-0.05, 0) is 43.7 Å². The zero-order valence-electron chi connectivity index (χ0n) is 18.6. The summed E-state index contributed by atoms with van der Waals surface area (Å²) in [7, 11) is 0. The molecule has 32 heavy (non-hydrogen) atoms. The number of pyridine rings is 1. The van der Waals surface area contributed by atoms with Gasteiger partial charge >= 0.3 is 0 Å². The normalized spacial score (nSPS) is 18.9. The van der Waals surface area contributed by atoms with Crippen LogP contribution < -0.4 is 5.32 Å². The van der Waals surface area contributed by atoms with Gasteiger partial charge in [-0.2, -0.15) is 10.2 Å². The fourth-order valence-corrected chi connectivity index (χ4v) is 6.00. The van der Waals surface area contributed by atoms with Gasteiger partial charge in [-0.1, -0.05) is 13.8 Å². The largest absolute Gasteiger partial charge is 0.378 e. The molecule has 0 radical (unpaired) electrons. The number of nitrogens with one attached hydrogen (secondary N) is 2. The lowest BCUT2D eigenvalue weighted by Crippen LogP contribution is -2.51. The smallest absolute Gasteiger partial charge is 0.158 e. The summed E-state index contributed by atoms with van der Waals surface area (Å²) in [4.78, 5) is 10.8. The third-order valence-electron chi connectivity index (χ3n) is 6.48. The van der Waals surface area contributed by atoms with Gasteiger partial charge in [-0.3, -0.25) is 5.10 Å². The summed E-state index contributed by atoms with van der Waals surface area (Å²) in [5.41, 5.74) is 7.49. The van der Waals surface area contributed by atoms with Gasteiger partial charge in [0.25, 0.3) is 0 Å². The fraction of sp³-hybridized carbons (Fsp3) is 0.478. The molecule has 0 saturated carbocycles. The second-order valence-electron chi connectivity index (χ2n) is 9.19. The molecule has 1 aliphatic carbocycles. The third kappa shape index (κ3) is 3.35. The summed E-state index contributed by atoms with van der Waals surface area (Å²) < 4.78 is 7.15. The predicted octanol–water partition coefficient (Wildman–Crippen LogP) is 3.52. The quantitative estimate of drug-likeness (QED) is 0.484. The van der Waals surface area contributed by atoms with Gasteiger partial charge in [0.05, 0.1) is 30.6 Å². The summed E-state index contributed by atoms with van der Waals surface area (Å²) in [6.45, 7) is 8.17. The van der Waals surface area contributed by atoms with Gasteiger partial charge < -0.3 is 10.1 Å². The third-order valence-corrected chi connectivity index (χ3v) is 7.61. The predicted molar refractivity (Wildman–Crippen MR) is 124 cm³/mol. The van der Waals surface area contributed by atoms with Crippen molar-refractivity contribution in [1.82, 2.24) is 35.1 Å². The molecular formula is C23H27N7OS. The lowest BCUT2D eigenvalue weighted by atomic mass is 9.96. The highest BCUT2D eigenvalue weighted by Gasteiger charge is 2.29. The highest BCUT2D eigenvalue weighted by atomic mass is 32.1. The summed E-state index contributed by atoms with van der Waals surface area (Å²) >= 11 is 1.80. The van der Waals surface area contributed by atoms with Crippen molar-refractivity contribution in [3.63, 3.8) is 0 Å². The molecule has 9 heteroatoms. The summed E-state index contributed by atoms with van der Waals surface area (Å²) in [6, 6.07) is 3.18. The van der Waals surface area contributed by atoms with Crippen molar-refractivity contribution in [2.45, 2.75) is 58.0 Å². The zero-order valence-corrected chi connectivity index (χ0v) is 19.4. The Kier molecular flexibility index (Phi) is 4.85. The first-order valence-corrected chi connectivity index (χ1v) is 12.1. The number of aromatic amines is 1. The number of ether oxygens (including phenoxy) is 1. The molecule has 2 N–H and O–H groups in total. The van der Waals surface area contributed by atoms with Crippen LogP contribution in [0.2, 0.25) is 0 Å². The van der Waals surface area contributed by atoms with E-state index in [-0.39, 0.29) is 0 Å². The Morgan fingerprint density at radius 3 is 2.94 bits per heavy atom. The van der Waals surface area contributed by atoms with Crippen molar-refractivity contribution in [2.75, 3.05) is 13.2 Å². The Morgan fingerprint density at radius 1 is 1.28 bits per heavy atom. The number of aryl methyl sites for hydroxylation is 2. The molecule has 0 amide bonds. The molecule has 0 bridgehead atoms. The molecule has 0 aromatic carbocycles. The van der Waals surface area contributed by atoms with Gasteiger partial charge in [0.1, 0.15) is 17.0 Å². The second-order valence-corrected chi connectivity index (χ2v) is 10.3. The molecule has 1 unspecified atom stereocenters. The van der Waals surface area contributed by atoms with Crippen LogP contribution in [0, 0.1) is 6.92 Å². The lowest BCUT2D eigenvalue weighted by Gasteiger charge is -2.33. The Hall–Kier alpha value is -2.62. The van der Waals surface area contributed by atoms with Crippen molar-refractivity contribution in [3.8, 4) is 22.0 Å². The van der Waals surface area contributed by atoms with Crippen LogP contribution in [0.1, 0.15) is 47.9 Å². The van der Waals surface area contributed by atoms with Crippen LogP contribution in [0.25, 0.3) is 27.6 Å². The number of thiazole rings is 1. The summed E-state index contributed by atoms with van der Waals surface area (Å²) in [5.74, 6) is 0.305. The van der Waals surface area contributed by atoms with Crippen LogP contribution in [0.15, 0.2) is 18.6 Å². The van der Waals surface area contributed by atoms with Crippen molar-refractivity contribution >= 4 is 17.0 Å². The molecule has 1 saturated heterocycles. The minimum absolute atomic E-state index is 0.305. The number of aromatic nitrogens is 6. The molecule has 1 atom stereocenters. The molecule has 166 valence electrons. The summed E-state index contributed by atoms with van der Waals surface area (Å²) in [5, 5.41) is 17.2. The van der Waals surface area contributed by atoms with E-state index in [4.69, 9.17) is 14.8 Å². The lowest BCUT2D eigenvalue weighted by molar-refractivity contribution is -0.0106. The van der Waals surface area contributed by atoms with Gasteiger partial charge in [-0.15, -0.1) is 11.3 Å². The highest BCUT2D eigenvalue weighted by Crippen LogP contribution is 2.39. The molecule has 0 spiro atoms. The molecule has 5 heterocycles. The Morgan fingerprint density at radius 2 is 2.16 bits per heavy atom. The summed E-state index contributed by atoms with van der Waals surface area (Å²) in [6.07, 6.45) is 6.81. The number of hydrogen-bond donors (Lipinski definition) is 2. The van der Waals surface area contributed by atoms with E-state index >= 15 is 0 Å². The minimum Gasteiger partial charge on any atom is -0.378 e. The zero-order chi connectivity index (χ0) is 21.8. The van der Waals surface area contributed by atoms with E-state index in [1.165, 1.54) is 16.1 Å². The van der Waals surface area contributed by atoms with E-state index in [1.807, 2.05) is 10.7 Å². The number of rotatable bonds is 5. The molecule has 4 aromatic rings. The van der Waals surface area contributed by atoms with Crippen LogP contribution in [-0.4, -0.2) is 55.1 Å². The average molecular weight is 450 g/mol. The van der Waals surface area contributed by atoms with E-state index in [2.05, 4.69) is 47.3 Å². The van der Waals surface area contributed by atoms with E-state index in [1.54, 1.807) is 17.7 Å². The Bertz CT molecular complexity index is 1280. The average Bonchev–Trinajstić information content (AvgIpc) is 3.46. The van der Waals surface area contributed by atoms with Gasteiger partial charge in [0.2, 0.25) is 0 Å². The Labute approximate surface area is 190 Å². The van der Waals surface area contributed by atoms with Crippen molar-refractivity contribution in [3.05, 3.63) is 40.3 Å². The molecule has 1 fully saturated rings. The first kappa shape index (κ1) is 20.0. The second kappa shape index (κ2) is 7.75. The van der Waals surface area contributed by atoms with Gasteiger partial charge in [-0.25, -0.2) is 14.5 Å². The van der Waals surface area contributed by atoms with Crippen molar-refractivity contribution in [1.29, 1.82) is 0 Å². The maximum Gasteiger partial charge on any atom is 0.158 e. The first-order valence-electron chi connectivity index (χ1n) is 11.3. The fourth-order valence-electron chi connectivity index (χ4n) is 4.81. The molecule has 1 aliphatic heterocycles. The van der Waals surface area contributed by atoms with Crippen molar-refractivity contribution < 1.29 is 4.74 Å². The SMILES string of the molecule is Cc1cc(-c2[nH]nc(-c3nc4c(s3)CC(NC3COC3)CC4)c2C(C)C)cn2ncnc12. The van der Waals surface area contributed by atoms with Crippen LogP contribution in [-0.2, 0) is 17.6 Å². The topological polar surface area (TPSA) is 93.0 Å². The number of H-pyrrole nitrogens is 1. The number of fused-ring (bicyclic) bond motifs is 2. The molecular weight excluding hydrogens is 422 g/mol. The Balaban J connectivity index is 1.35. The van der Waals surface area contributed by atoms with E-state index in [9.17, 15) is 0 Å². The molecule has 6 rings (SSSR count).